The van der Waals surface area contributed by atoms with Gasteiger partial charge in [-0.2, -0.15) is 5.26 Å². The molecule has 0 aliphatic carbocycles. The average molecular weight is 459 g/mol. The molecule has 3 rings (SSSR count). The Morgan fingerprint density at radius 3 is 2.68 bits per heavy atom. The van der Waals surface area contributed by atoms with Crippen molar-refractivity contribution in [2.45, 2.75) is 5.92 Å². The highest BCUT2D eigenvalue weighted by Crippen LogP contribution is 2.28. The standard InChI is InChI=1S/C19H14IN3OS/c1-24-15-8-6-13(7-9-15)18-12-25-19(23-18)14(10-21)11-22-17-5-3-2-4-16(17)20/h2-9,11-12,14H,1H3. The number of nitrogens with zero attached hydrogens (tertiary/aromatic N) is 3. The lowest BCUT2D eigenvalue weighted by Gasteiger charge is -2.01. The Morgan fingerprint density at radius 1 is 1.24 bits per heavy atom. The number of halogens is 1. The molecule has 0 N–H and O–H groups in total. The van der Waals surface area contributed by atoms with Crippen LogP contribution in [0.15, 0.2) is 58.9 Å². The van der Waals surface area contributed by atoms with Gasteiger partial charge in [-0.1, -0.05) is 12.1 Å². The van der Waals surface area contributed by atoms with Gasteiger partial charge >= 0.3 is 0 Å². The topological polar surface area (TPSA) is 58.3 Å². The maximum atomic E-state index is 9.48. The Hall–Kier alpha value is -2.24. The fourth-order valence-electron chi connectivity index (χ4n) is 2.19. The second kappa shape index (κ2) is 8.23. The van der Waals surface area contributed by atoms with Crippen molar-refractivity contribution in [3.05, 3.63) is 62.5 Å². The zero-order valence-electron chi connectivity index (χ0n) is 13.4. The molecule has 6 heteroatoms. The maximum Gasteiger partial charge on any atom is 0.133 e. The number of nitriles is 1. The molecule has 2 aromatic carbocycles. The van der Waals surface area contributed by atoms with Crippen LogP contribution in [-0.4, -0.2) is 18.3 Å². The highest BCUT2D eigenvalue weighted by atomic mass is 127. The first-order valence-corrected chi connectivity index (χ1v) is 9.45. The number of benzene rings is 2. The van der Waals surface area contributed by atoms with E-state index < -0.39 is 5.92 Å². The molecular formula is C19H14IN3OS. The molecule has 25 heavy (non-hydrogen) atoms. The number of aromatic nitrogens is 1. The SMILES string of the molecule is COc1ccc(-c2csc(C(C#N)C=Nc3ccccc3I)n2)cc1. The molecule has 0 radical (unpaired) electrons. The molecule has 0 aliphatic rings. The molecule has 0 bridgehead atoms. The summed E-state index contributed by atoms with van der Waals surface area (Å²) in [7, 11) is 1.64. The summed E-state index contributed by atoms with van der Waals surface area (Å²) in [4.78, 5) is 9.06. The number of thiazole rings is 1. The quantitative estimate of drug-likeness (QED) is 0.378. The first-order chi connectivity index (χ1) is 12.2. The predicted molar refractivity (Wildman–Crippen MR) is 110 cm³/mol. The molecule has 0 fully saturated rings. The predicted octanol–water partition coefficient (Wildman–Crippen LogP) is 5.43. The van der Waals surface area contributed by atoms with Crippen LogP contribution in [0.3, 0.4) is 0 Å². The highest BCUT2D eigenvalue weighted by Gasteiger charge is 2.14. The third kappa shape index (κ3) is 4.24. The van der Waals surface area contributed by atoms with Crippen LogP contribution in [0.4, 0.5) is 5.69 Å². The van der Waals surface area contributed by atoms with Gasteiger partial charge in [-0.05, 0) is 59.0 Å². The zero-order chi connectivity index (χ0) is 17.6. The molecule has 0 saturated heterocycles. The number of rotatable bonds is 5. The largest absolute Gasteiger partial charge is 0.497 e. The summed E-state index contributed by atoms with van der Waals surface area (Å²) in [6, 6.07) is 17.8. The van der Waals surface area contributed by atoms with E-state index in [9.17, 15) is 5.26 Å². The molecular weight excluding hydrogens is 445 g/mol. The minimum Gasteiger partial charge on any atom is -0.497 e. The number of hydrogen-bond donors (Lipinski definition) is 0. The van der Waals surface area contributed by atoms with Gasteiger partial charge in [-0.15, -0.1) is 11.3 Å². The fraction of sp³-hybridized carbons (Fsp3) is 0.105. The van der Waals surface area contributed by atoms with Crippen LogP contribution < -0.4 is 4.74 Å². The van der Waals surface area contributed by atoms with E-state index in [0.29, 0.717) is 0 Å². The number of methoxy groups -OCH3 is 1. The van der Waals surface area contributed by atoms with E-state index >= 15 is 0 Å². The van der Waals surface area contributed by atoms with E-state index in [1.807, 2.05) is 53.9 Å². The molecule has 1 aromatic heterocycles. The minimum atomic E-state index is -0.465. The second-order valence-electron chi connectivity index (χ2n) is 5.14. The first-order valence-electron chi connectivity index (χ1n) is 7.49. The summed E-state index contributed by atoms with van der Waals surface area (Å²) in [6.45, 7) is 0. The molecule has 124 valence electrons. The van der Waals surface area contributed by atoms with Gasteiger partial charge in [0.05, 0.1) is 24.6 Å². The van der Waals surface area contributed by atoms with E-state index in [1.165, 1.54) is 11.3 Å². The second-order valence-corrected chi connectivity index (χ2v) is 7.19. The lowest BCUT2D eigenvalue weighted by molar-refractivity contribution is 0.415. The average Bonchev–Trinajstić information content (AvgIpc) is 3.14. The van der Waals surface area contributed by atoms with E-state index in [-0.39, 0.29) is 0 Å². The number of hydrogen-bond acceptors (Lipinski definition) is 5. The van der Waals surface area contributed by atoms with Crippen molar-refractivity contribution in [2.24, 2.45) is 4.99 Å². The van der Waals surface area contributed by atoms with Crippen LogP contribution in [-0.2, 0) is 0 Å². The van der Waals surface area contributed by atoms with Gasteiger partial charge in [-0.3, -0.25) is 4.99 Å². The summed E-state index contributed by atoms with van der Waals surface area (Å²) >= 11 is 3.70. The molecule has 0 saturated carbocycles. The van der Waals surface area contributed by atoms with Crippen LogP contribution in [0.5, 0.6) is 5.75 Å². The van der Waals surface area contributed by atoms with E-state index in [1.54, 1.807) is 13.3 Å². The summed E-state index contributed by atoms with van der Waals surface area (Å²) in [5.41, 5.74) is 2.70. The van der Waals surface area contributed by atoms with Gasteiger partial charge in [0, 0.05) is 20.7 Å². The summed E-state index contributed by atoms with van der Waals surface area (Å²) in [5.74, 6) is 0.340. The molecule has 1 heterocycles. The van der Waals surface area contributed by atoms with Crippen molar-refractivity contribution in [2.75, 3.05) is 7.11 Å². The highest BCUT2D eigenvalue weighted by molar-refractivity contribution is 14.1. The molecule has 0 amide bonds. The lowest BCUT2D eigenvalue weighted by atomic mass is 10.1. The molecule has 1 atom stereocenters. The van der Waals surface area contributed by atoms with Crippen LogP contribution in [0.2, 0.25) is 0 Å². The van der Waals surface area contributed by atoms with Gasteiger partial charge in [0.2, 0.25) is 0 Å². The van der Waals surface area contributed by atoms with Crippen molar-refractivity contribution >= 4 is 45.8 Å². The third-order valence-electron chi connectivity index (χ3n) is 3.53. The summed E-state index contributed by atoms with van der Waals surface area (Å²) in [5, 5.41) is 12.2. The summed E-state index contributed by atoms with van der Waals surface area (Å²) < 4.78 is 6.22. The van der Waals surface area contributed by atoms with Gasteiger partial charge in [0.25, 0.3) is 0 Å². The Kier molecular flexibility index (Phi) is 5.79. The number of ether oxygens (including phenoxy) is 1. The number of aliphatic imine (C=N–C) groups is 1. The van der Waals surface area contributed by atoms with E-state index in [0.717, 1.165) is 31.3 Å². The monoisotopic (exact) mass is 459 g/mol. The minimum absolute atomic E-state index is 0.465. The summed E-state index contributed by atoms with van der Waals surface area (Å²) in [6.07, 6.45) is 1.66. The van der Waals surface area contributed by atoms with Crippen LogP contribution in [0.1, 0.15) is 10.9 Å². The van der Waals surface area contributed by atoms with Crippen molar-refractivity contribution in [3.8, 4) is 23.1 Å². The van der Waals surface area contributed by atoms with Crippen LogP contribution in [0.25, 0.3) is 11.3 Å². The fourth-order valence-corrected chi connectivity index (χ4v) is 3.55. The molecule has 0 aliphatic heterocycles. The zero-order valence-corrected chi connectivity index (χ0v) is 16.4. The molecule has 3 aromatic rings. The van der Waals surface area contributed by atoms with Crippen LogP contribution >= 0.6 is 33.9 Å². The van der Waals surface area contributed by atoms with Crippen molar-refractivity contribution in [1.29, 1.82) is 5.26 Å². The van der Waals surface area contributed by atoms with E-state index in [4.69, 9.17) is 4.74 Å². The molecule has 4 nitrogen and oxygen atoms in total. The van der Waals surface area contributed by atoms with Crippen molar-refractivity contribution in [1.82, 2.24) is 4.98 Å². The van der Waals surface area contributed by atoms with Gasteiger partial charge < -0.3 is 4.74 Å². The Morgan fingerprint density at radius 2 is 2.00 bits per heavy atom. The number of para-hydroxylation sites is 1. The maximum absolute atomic E-state index is 9.48. The molecule has 1 unspecified atom stereocenters. The van der Waals surface area contributed by atoms with Gasteiger partial charge in [0.1, 0.15) is 16.7 Å². The third-order valence-corrected chi connectivity index (χ3v) is 5.37. The smallest absolute Gasteiger partial charge is 0.133 e. The Balaban J connectivity index is 1.81. The lowest BCUT2D eigenvalue weighted by Crippen LogP contribution is -1.96. The Labute approximate surface area is 164 Å². The normalized spacial score (nSPS) is 12.0. The van der Waals surface area contributed by atoms with Gasteiger partial charge in [-0.25, -0.2) is 4.98 Å². The van der Waals surface area contributed by atoms with Crippen molar-refractivity contribution < 1.29 is 4.74 Å². The van der Waals surface area contributed by atoms with E-state index in [2.05, 4.69) is 38.6 Å². The van der Waals surface area contributed by atoms with Crippen LogP contribution in [0, 0.1) is 14.9 Å². The van der Waals surface area contributed by atoms with Gasteiger partial charge in [0.15, 0.2) is 0 Å². The first kappa shape index (κ1) is 17.6. The molecule has 0 spiro atoms. The Bertz CT molecular complexity index is 928. The van der Waals surface area contributed by atoms with Crippen molar-refractivity contribution in [3.63, 3.8) is 0 Å².